The second-order valence-corrected chi connectivity index (χ2v) is 25.1. The molecule has 0 aliphatic carbocycles. The Bertz CT molecular complexity index is 5700. The molecule has 0 saturated heterocycles. The molecular weight excluding hydrogens is 1490 g/mol. The summed E-state index contributed by atoms with van der Waals surface area (Å²) in [5.41, 5.74) is -0.960. The molecule has 6 bridgehead atoms. The molecule has 532 valence electrons. The smallest absolute Gasteiger partial charge is 0.419 e. The maximum atomic E-state index is 14.2. The normalized spacial score (nSPS) is 14.4. The number of hydrogen-bond donors (Lipinski definition) is 1. The number of ether oxygens (including phenoxy) is 4. The van der Waals surface area contributed by atoms with E-state index in [4.69, 9.17) is 75.3 Å². The van der Waals surface area contributed by atoms with Crippen molar-refractivity contribution in [2.75, 3.05) is 5.53 Å². The van der Waals surface area contributed by atoms with Crippen molar-refractivity contribution in [1.29, 1.82) is 0 Å². The van der Waals surface area contributed by atoms with Gasteiger partial charge in [-0.15, -0.1) is 0 Å². The fourth-order valence-corrected chi connectivity index (χ4v) is 13.1. The van der Waals surface area contributed by atoms with Crippen LogP contribution in [0, 0.1) is 0 Å². The standard InChI is InChI=1S/C77H39Cl4F12N5O8/c78-62-63(79)67-60(40-21-29-44(30-22-40)72(101)105-56-15-7-4-12-49(56)76(88,89)90)53-35-36-54-61(41-23-31-45(32-24-41)73(102)106-57-16-8-5-13-50(57)77(91,92)93)69-65(81)64(80)68(95-69)59(39-19-27-43(28-20-39)71(100)104-55-14-6-3-11-48(55)75(85,86)87)52-34-33-51(97(52)96-98(53)54)58(66(62)94-67)38-17-25-42(26-18-38)70(99)103-37-46-9-1-2-10-47(46)74(82,83)84/h1-36,96H,37H2. The molecule has 0 radical (unpaired) electrons. The molecule has 0 spiro atoms. The Kier molecular flexibility index (Phi) is 18.5. The highest BCUT2D eigenvalue weighted by Crippen LogP contribution is 2.48. The second-order valence-electron chi connectivity index (χ2n) is 23.5. The Morgan fingerprint density at radius 2 is 0.642 bits per heavy atom. The molecule has 4 aliphatic heterocycles. The highest BCUT2D eigenvalue weighted by atomic mass is 35.5. The van der Waals surface area contributed by atoms with Crippen LogP contribution in [0.5, 0.6) is 17.2 Å². The van der Waals surface area contributed by atoms with E-state index in [1.807, 2.05) is 0 Å². The van der Waals surface area contributed by atoms with Gasteiger partial charge in [0.15, 0.2) is 0 Å². The van der Waals surface area contributed by atoms with Crippen molar-refractivity contribution >= 4 is 104 Å². The summed E-state index contributed by atoms with van der Waals surface area (Å²) in [5.74, 6) is -6.95. The second kappa shape index (κ2) is 27.4. The molecular formula is C77H39Cl4F12N5O8. The number of carbonyl (C=O) groups excluding carboxylic acids is 4. The Balaban J connectivity index is 0.996. The summed E-state index contributed by atoms with van der Waals surface area (Å²) in [7, 11) is 0. The molecule has 13 nitrogen and oxygen atoms in total. The summed E-state index contributed by atoms with van der Waals surface area (Å²) in [6.45, 7) is -0.768. The first-order valence-corrected chi connectivity index (χ1v) is 32.6. The number of fused-ring (bicyclic) bond motifs is 2. The fourth-order valence-electron chi connectivity index (χ4n) is 12.2. The van der Waals surface area contributed by atoms with Crippen molar-refractivity contribution in [2.45, 2.75) is 31.3 Å². The zero-order chi connectivity index (χ0) is 75.1. The highest BCUT2D eigenvalue weighted by Gasteiger charge is 2.41. The molecule has 14 rings (SSSR count). The van der Waals surface area contributed by atoms with Crippen LogP contribution in [0.3, 0.4) is 0 Å². The minimum Gasteiger partial charge on any atom is -0.457 e. The van der Waals surface area contributed by atoms with Gasteiger partial charge in [-0.2, -0.15) is 52.7 Å². The van der Waals surface area contributed by atoms with E-state index in [2.05, 4.69) is 5.53 Å². The average molecular weight is 1530 g/mol. The van der Waals surface area contributed by atoms with E-state index >= 15 is 0 Å². The Morgan fingerprint density at radius 3 is 0.981 bits per heavy atom. The van der Waals surface area contributed by atoms with Gasteiger partial charge in [0.2, 0.25) is 0 Å². The number of nitrogens with one attached hydrogen (secondary N) is 1. The van der Waals surface area contributed by atoms with E-state index in [9.17, 15) is 71.9 Å². The molecule has 2 aromatic heterocycles. The number of aromatic nitrogens is 2. The van der Waals surface area contributed by atoms with E-state index in [1.165, 1.54) is 137 Å². The van der Waals surface area contributed by atoms with Crippen LogP contribution in [-0.4, -0.2) is 44.7 Å². The van der Waals surface area contributed by atoms with Crippen LogP contribution in [0.25, 0.3) is 22.3 Å². The lowest BCUT2D eigenvalue weighted by molar-refractivity contribution is -0.139. The third-order valence-electron chi connectivity index (χ3n) is 17.1. The average Bonchev–Trinajstić information content (AvgIpc) is 1.56. The lowest BCUT2D eigenvalue weighted by Gasteiger charge is -2.24. The molecule has 1 N–H and O–H groups in total. The van der Waals surface area contributed by atoms with E-state index in [0.717, 1.165) is 66.7 Å². The first-order valence-electron chi connectivity index (χ1n) is 31.1. The summed E-state index contributed by atoms with van der Waals surface area (Å²) in [5, 5.41) is -0.463. The third kappa shape index (κ3) is 13.5. The molecule has 0 fully saturated rings. The largest absolute Gasteiger partial charge is 0.457 e. The highest BCUT2D eigenvalue weighted by molar-refractivity contribution is 6.59. The molecule has 29 heteroatoms. The van der Waals surface area contributed by atoms with Gasteiger partial charge >= 0.3 is 48.6 Å². The molecule has 8 aromatic carbocycles. The van der Waals surface area contributed by atoms with Gasteiger partial charge in [-0.1, -0.05) is 150 Å². The van der Waals surface area contributed by atoms with Gasteiger partial charge in [-0.3, -0.25) is 0 Å². The summed E-state index contributed by atoms with van der Waals surface area (Å²) < 4.78 is 194. The maximum absolute atomic E-state index is 14.2. The monoisotopic (exact) mass is 1530 g/mol. The van der Waals surface area contributed by atoms with Crippen molar-refractivity contribution in [3.63, 3.8) is 0 Å². The number of aliphatic imine (C=N–C) groups is 2. The van der Waals surface area contributed by atoms with Crippen molar-refractivity contribution in [3.05, 3.63) is 344 Å². The van der Waals surface area contributed by atoms with Gasteiger partial charge in [0, 0.05) is 27.9 Å². The lowest BCUT2D eigenvalue weighted by atomic mass is 9.98. The topological polar surface area (TPSA) is 152 Å². The van der Waals surface area contributed by atoms with Gasteiger partial charge in [-0.25, -0.2) is 44.0 Å². The minimum absolute atomic E-state index is 0.0409. The van der Waals surface area contributed by atoms with Gasteiger partial charge in [0.05, 0.1) is 110 Å². The molecule has 10 aromatic rings. The summed E-state index contributed by atoms with van der Waals surface area (Å²) >= 11 is 29.8. The Morgan fingerprint density at radius 1 is 0.340 bits per heavy atom. The molecule has 0 amide bonds. The number of nitrogens with zero attached hydrogens (tertiary/aromatic N) is 4. The first kappa shape index (κ1) is 71.4. The molecule has 0 atom stereocenters. The number of benzene rings is 8. The summed E-state index contributed by atoms with van der Waals surface area (Å²) in [4.78, 5) is 65.6. The Hall–Kier alpha value is -11.6. The number of alkyl halides is 12. The zero-order valence-electron chi connectivity index (χ0n) is 53.1. The number of carbonyl (C=O) groups is 4. The number of rotatable bonds is 13. The summed E-state index contributed by atoms with van der Waals surface area (Å²) in [6.07, 6.45) is -19.5. The number of para-hydroxylation sites is 3. The van der Waals surface area contributed by atoms with E-state index in [0.29, 0.717) is 0 Å². The van der Waals surface area contributed by atoms with Gasteiger partial charge in [0.25, 0.3) is 0 Å². The van der Waals surface area contributed by atoms with Crippen LogP contribution < -0.4 is 30.4 Å². The molecule has 0 unspecified atom stereocenters. The SMILES string of the molecule is O=C(OCc1ccccc1C(F)(F)F)c1ccc(C2=c3ccc4n3Nn3c(ccc3C(c3ccc(C(=O)Oc5ccccc5C(F)(F)F)cc3)=C3N=C(C(Cl)=C3Cl)C=4c3ccc(C(=O)Oc4ccccc4C(F)(F)F)cc3)C(c3ccc(C(=O)Oc4ccccc4C(F)(F)F)cc3)=C3N=C2C(Cl)=C3Cl)cc1. The van der Waals surface area contributed by atoms with Crippen molar-refractivity contribution in [1.82, 2.24) is 9.35 Å². The molecule has 106 heavy (non-hydrogen) atoms. The van der Waals surface area contributed by atoms with E-state index < -0.39 is 94.7 Å². The summed E-state index contributed by atoms with van der Waals surface area (Å²) in [6, 6.07) is 44.8. The first-order chi connectivity index (χ1) is 50.4. The van der Waals surface area contributed by atoms with Crippen LogP contribution >= 0.6 is 46.4 Å². The number of esters is 4. The van der Waals surface area contributed by atoms with Crippen molar-refractivity contribution < 1.29 is 90.8 Å². The predicted octanol–water partition coefficient (Wildman–Crippen LogP) is 18.6. The quantitative estimate of drug-likeness (QED) is 0.0675. The van der Waals surface area contributed by atoms with Crippen LogP contribution in [0.4, 0.5) is 52.7 Å². The molecule has 6 heterocycles. The van der Waals surface area contributed by atoms with Gasteiger partial charge in [-0.05, 0) is 138 Å². The van der Waals surface area contributed by atoms with Crippen LogP contribution in [0.2, 0.25) is 0 Å². The number of hydrogen-bond acceptors (Lipinski definition) is 11. The maximum Gasteiger partial charge on any atom is 0.419 e. The fraction of sp³-hybridized carbons (Fsp3) is 0.0649. The van der Waals surface area contributed by atoms with Gasteiger partial charge < -0.3 is 18.9 Å². The Labute approximate surface area is 609 Å². The number of allylic oxidation sites excluding steroid dienone is 4. The van der Waals surface area contributed by atoms with Crippen LogP contribution in [0.15, 0.2) is 260 Å². The van der Waals surface area contributed by atoms with E-state index in [-0.39, 0.29) is 137 Å². The minimum atomic E-state index is -4.92. The third-order valence-corrected chi connectivity index (χ3v) is 18.8. The predicted molar refractivity (Wildman–Crippen MR) is 368 cm³/mol. The van der Waals surface area contributed by atoms with Crippen LogP contribution in [-0.2, 0) is 36.0 Å². The zero-order valence-corrected chi connectivity index (χ0v) is 56.1. The van der Waals surface area contributed by atoms with Gasteiger partial charge in [0.1, 0.15) is 23.9 Å². The molecule has 4 aliphatic rings. The number of halogens is 16. The van der Waals surface area contributed by atoms with Crippen molar-refractivity contribution in [3.8, 4) is 17.2 Å². The molecule has 0 saturated carbocycles. The van der Waals surface area contributed by atoms with E-state index in [1.54, 1.807) is 24.3 Å². The lowest BCUT2D eigenvalue weighted by Crippen LogP contribution is -2.42. The van der Waals surface area contributed by atoms with Crippen molar-refractivity contribution in [2.24, 2.45) is 9.98 Å². The van der Waals surface area contributed by atoms with Crippen LogP contribution in [0.1, 0.15) is 103 Å².